The Morgan fingerprint density at radius 1 is 0.737 bits per heavy atom. The smallest absolute Gasteiger partial charge is 0.257 e. The van der Waals surface area contributed by atoms with Crippen LogP contribution in [0.15, 0.2) is 57.6 Å². The lowest BCUT2D eigenvalue weighted by Crippen LogP contribution is -2.53. The van der Waals surface area contributed by atoms with Gasteiger partial charge < -0.3 is 19.7 Å². The fraction of sp³-hybridized carbons (Fsp3) is 0.286. The molecule has 0 bridgehead atoms. The Kier molecular flexibility index (Phi) is 7.53. The van der Waals surface area contributed by atoms with E-state index in [1.54, 1.807) is 38.1 Å². The zero-order valence-corrected chi connectivity index (χ0v) is 22.4. The first-order chi connectivity index (χ1) is 18.3. The summed E-state index contributed by atoms with van der Waals surface area (Å²) in [4.78, 5) is 27.0. The molecule has 1 aliphatic carbocycles. The van der Waals surface area contributed by atoms with Gasteiger partial charge in [0, 0.05) is 23.2 Å². The Morgan fingerprint density at radius 2 is 1.13 bits per heavy atom. The lowest BCUT2D eigenvalue weighted by Gasteiger charge is -2.32. The Morgan fingerprint density at radius 3 is 1.53 bits per heavy atom. The van der Waals surface area contributed by atoms with Gasteiger partial charge in [0.15, 0.2) is 0 Å². The van der Waals surface area contributed by atoms with E-state index >= 15 is 0 Å². The van der Waals surface area contributed by atoms with Crippen LogP contribution in [0, 0.1) is 13.8 Å². The van der Waals surface area contributed by atoms with Gasteiger partial charge in [-0.2, -0.15) is 0 Å². The number of benzene rings is 2. The first kappa shape index (κ1) is 26.0. The van der Waals surface area contributed by atoms with Crippen molar-refractivity contribution in [2.45, 2.75) is 51.6 Å². The number of amides is 2. The molecule has 1 fully saturated rings. The van der Waals surface area contributed by atoms with Crippen molar-refractivity contribution < 1.29 is 18.6 Å². The molecule has 1 aliphatic rings. The first-order valence-corrected chi connectivity index (χ1v) is 13.1. The number of hydrogen-bond acceptors (Lipinski definition) is 6. The van der Waals surface area contributed by atoms with Crippen molar-refractivity contribution in [3.05, 3.63) is 81.2 Å². The first-order valence-electron chi connectivity index (χ1n) is 12.4. The second-order valence-electron chi connectivity index (χ2n) is 9.33. The van der Waals surface area contributed by atoms with Gasteiger partial charge >= 0.3 is 0 Å². The van der Waals surface area contributed by atoms with E-state index in [1.165, 1.54) is 0 Å². The molecule has 0 spiro atoms. The number of carbonyl (C=O) groups is 2. The van der Waals surface area contributed by atoms with Gasteiger partial charge in [-0.15, -0.1) is 0 Å². The SMILES string of the molecule is Cc1onc(-c2ccccc2Cl)c1C(=O)N[C@@H]1CCCC[C@H]1NC(=O)c1c(-c2ccccc2Cl)noc1C. The van der Waals surface area contributed by atoms with Crippen molar-refractivity contribution >= 4 is 35.0 Å². The summed E-state index contributed by atoms with van der Waals surface area (Å²) < 4.78 is 10.7. The van der Waals surface area contributed by atoms with Gasteiger partial charge in [-0.25, -0.2) is 0 Å². The highest BCUT2D eigenvalue weighted by Gasteiger charge is 2.33. The second kappa shape index (κ2) is 11.0. The molecule has 2 N–H and O–H groups in total. The van der Waals surface area contributed by atoms with E-state index in [0.29, 0.717) is 68.0 Å². The largest absolute Gasteiger partial charge is 0.360 e. The van der Waals surface area contributed by atoms with E-state index in [9.17, 15) is 9.59 Å². The van der Waals surface area contributed by atoms with Crippen molar-refractivity contribution in [1.82, 2.24) is 20.9 Å². The highest BCUT2D eigenvalue weighted by atomic mass is 35.5. The highest BCUT2D eigenvalue weighted by molar-refractivity contribution is 6.33. The molecule has 4 aromatic rings. The number of hydrogen-bond donors (Lipinski definition) is 2. The number of nitrogens with one attached hydrogen (secondary N) is 2. The van der Waals surface area contributed by atoms with E-state index in [4.69, 9.17) is 32.2 Å². The normalized spacial score (nSPS) is 17.3. The topological polar surface area (TPSA) is 110 Å². The zero-order valence-electron chi connectivity index (χ0n) is 20.9. The van der Waals surface area contributed by atoms with Gasteiger partial charge in [-0.05, 0) is 38.8 Å². The number of halogens is 2. The summed E-state index contributed by atoms with van der Waals surface area (Å²) in [6, 6.07) is 13.7. The average Bonchev–Trinajstić information content (AvgIpc) is 3.48. The van der Waals surface area contributed by atoms with Gasteiger partial charge in [-0.1, -0.05) is 82.8 Å². The fourth-order valence-corrected chi connectivity index (χ4v) is 5.36. The molecule has 2 aromatic heterocycles. The lowest BCUT2D eigenvalue weighted by molar-refractivity contribution is 0.0861. The third kappa shape index (κ3) is 5.06. The van der Waals surface area contributed by atoms with Crippen molar-refractivity contribution in [3.63, 3.8) is 0 Å². The fourth-order valence-electron chi connectivity index (χ4n) is 4.91. The van der Waals surface area contributed by atoms with Gasteiger partial charge in [0.25, 0.3) is 11.8 Å². The summed E-state index contributed by atoms with van der Waals surface area (Å²) in [6.07, 6.45) is 3.27. The molecule has 38 heavy (non-hydrogen) atoms. The molecule has 10 heteroatoms. The van der Waals surface area contributed by atoms with E-state index in [0.717, 1.165) is 12.8 Å². The summed E-state index contributed by atoms with van der Waals surface area (Å²) in [5.41, 5.74) is 2.63. The van der Waals surface area contributed by atoms with Crippen molar-refractivity contribution in [2.75, 3.05) is 0 Å². The van der Waals surface area contributed by atoms with E-state index in [1.807, 2.05) is 24.3 Å². The van der Waals surface area contributed by atoms with Crippen LogP contribution in [-0.4, -0.2) is 34.2 Å². The molecule has 2 aromatic carbocycles. The molecule has 0 unspecified atom stereocenters. The van der Waals surface area contributed by atoms with Crippen LogP contribution in [0.3, 0.4) is 0 Å². The highest BCUT2D eigenvalue weighted by Crippen LogP contribution is 2.33. The molecule has 1 saturated carbocycles. The van der Waals surface area contributed by atoms with Crippen molar-refractivity contribution in [1.29, 1.82) is 0 Å². The Labute approximate surface area is 229 Å². The molecule has 0 radical (unpaired) electrons. The Hall–Kier alpha value is -3.62. The molecule has 0 aliphatic heterocycles. The molecule has 8 nitrogen and oxygen atoms in total. The van der Waals surface area contributed by atoms with Crippen LogP contribution in [0.1, 0.15) is 57.9 Å². The van der Waals surface area contributed by atoms with Gasteiger partial charge in [-0.3, -0.25) is 9.59 Å². The number of aromatic nitrogens is 2. The monoisotopic (exact) mass is 552 g/mol. The summed E-state index contributed by atoms with van der Waals surface area (Å²) in [7, 11) is 0. The maximum Gasteiger partial charge on any atom is 0.257 e. The molecule has 2 atom stereocenters. The minimum Gasteiger partial charge on any atom is -0.360 e. The van der Waals surface area contributed by atoms with Crippen LogP contribution in [0.4, 0.5) is 0 Å². The number of carbonyl (C=O) groups excluding carboxylic acids is 2. The molecule has 196 valence electrons. The summed E-state index contributed by atoms with van der Waals surface area (Å²) in [6.45, 7) is 3.38. The van der Waals surface area contributed by atoms with Crippen LogP contribution in [-0.2, 0) is 0 Å². The molecular formula is C28H26Cl2N4O4. The minimum absolute atomic E-state index is 0.294. The Balaban J connectivity index is 1.37. The zero-order chi connectivity index (χ0) is 26.8. The van der Waals surface area contributed by atoms with Crippen molar-refractivity contribution in [3.8, 4) is 22.5 Å². The Bertz CT molecular complexity index is 1380. The summed E-state index contributed by atoms with van der Waals surface area (Å²) in [5.74, 6) is 0.113. The molecular weight excluding hydrogens is 527 g/mol. The third-order valence-electron chi connectivity index (χ3n) is 6.84. The van der Waals surface area contributed by atoms with Crippen LogP contribution in [0.5, 0.6) is 0 Å². The quantitative estimate of drug-likeness (QED) is 0.286. The van der Waals surface area contributed by atoms with Crippen LogP contribution in [0.25, 0.3) is 22.5 Å². The standard InChI is InChI=1S/C28H26Cl2N4O4/c1-15-23(25(33-37-15)17-9-3-5-11-19(17)29)27(35)31-21-13-7-8-14-22(21)32-28(36)24-16(2)38-34-26(24)18-10-4-6-12-20(18)30/h3-6,9-12,21-22H,7-8,13-14H2,1-2H3,(H,31,35)(H,32,36)/t21-,22-/m1/s1. The van der Waals surface area contributed by atoms with Gasteiger partial charge in [0.1, 0.15) is 34.0 Å². The van der Waals surface area contributed by atoms with E-state index < -0.39 is 0 Å². The van der Waals surface area contributed by atoms with Crippen molar-refractivity contribution in [2.24, 2.45) is 0 Å². The van der Waals surface area contributed by atoms with E-state index in [2.05, 4.69) is 20.9 Å². The minimum atomic E-state index is -0.331. The second-order valence-corrected chi connectivity index (χ2v) is 10.1. The molecule has 2 heterocycles. The van der Waals surface area contributed by atoms with Crippen LogP contribution >= 0.6 is 23.2 Å². The van der Waals surface area contributed by atoms with E-state index in [-0.39, 0.29) is 23.9 Å². The maximum atomic E-state index is 13.5. The number of rotatable bonds is 6. The van der Waals surface area contributed by atoms with Gasteiger partial charge in [0.05, 0.1) is 10.0 Å². The lowest BCUT2D eigenvalue weighted by atomic mass is 9.89. The average molecular weight is 553 g/mol. The van der Waals surface area contributed by atoms with Crippen LogP contribution < -0.4 is 10.6 Å². The predicted octanol–water partition coefficient (Wildman–Crippen LogP) is 6.39. The number of nitrogens with zero attached hydrogens (tertiary/aromatic N) is 2. The molecule has 2 amide bonds. The maximum absolute atomic E-state index is 13.5. The predicted molar refractivity (Wildman–Crippen MR) is 144 cm³/mol. The third-order valence-corrected chi connectivity index (χ3v) is 7.50. The van der Waals surface area contributed by atoms with Gasteiger partial charge in [0.2, 0.25) is 0 Å². The van der Waals surface area contributed by atoms with Crippen LogP contribution in [0.2, 0.25) is 10.0 Å². The molecule has 0 saturated heterocycles. The number of aryl methyl sites for hydroxylation is 2. The molecule has 5 rings (SSSR count). The summed E-state index contributed by atoms with van der Waals surface area (Å²) >= 11 is 12.7. The summed E-state index contributed by atoms with van der Waals surface area (Å²) in [5, 5.41) is 15.3.